The number of carbonyl (C=O) groups is 3. The molecule has 1 fully saturated rings. The molecular weight excluding hydrogens is 472 g/mol. The average molecular weight is 503 g/mol. The van der Waals surface area contributed by atoms with Gasteiger partial charge in [-0.05, 0) is 54.1 Å². The number of nitrogens with zero attached hydrogens (tertiary/aromatic N) is 3. The Morgan fingerprint density at radius 1 is 1.15 bits per heavy atom. The molecule has 0 spiro atoms. The fraction of sp³-hybridized carbons (Fsp3) is 0.458. The fourth-order valence-electron chi connectivity index (χ4n) is 4.45. The molecule has 182 valence electrons. The summed E-state index contributed by atoms with van der Waals surface area (Å²) in [4.78, 5) is 45.5. The predicted molar refractivity (Wildman–Crippen MR) is 133 cm³/mol. The van der Waals surface area contributed by atoms with E-state index in [2.05, 4.69) is 10.2 Å². The van der Waals surface area contributed by atoms with E-state index in [0.717, 1.165) is 23.4 Å². The molecule has 8 nitrogen and oxygen atoms in total. The molecule has 1 saturated heterocycles. The Hall–Kier alpha value is -2.69. The Bertz CT molecular complexity index is 1040. The van der Waals surface area contributed by atoms with Gasteiger partial charge in [-0.1, -0.05) is 6.07 Å². The van der Waals surface area contributed by atoms with E-state index >= 15 is 0 Å². The van der Waals surface area contributed by atoms with Gasteiger partial charge in [-0.15, -0.1) is 11.3 Å². The SMILES string of the molecule is CCOC(=O)C1=C(CN2CCCN(C(=O)c3cccs3)CC2)N(CC)C(=O)NC1c1ccsc1. The Kier molecular flexibility index (Phi) is 8.02. The van der Waals surface area contributed by atoms with Crippen molar-refractivity contribution in [3.05, 3.63) is 56.1 Å². The van der Waals surface area contributed by atoms with Crippen molar-refractivity contribution in [2.75, 3.05) is 45.9 Å². The molecule has 1 N–H and O–H groups in total. The number of nitrogens with one attached hydrogen (secondary N) is 1. The van der Waals surface area contributed by atoms with Crippen LogP contribution in [0.5, 0.6) is 0 Å². The largest absolute Gasteiger partial charge is 0.463 e. The lowest BCUT2D eigenvalue weighted by Gasteiger charge is -2.37. The maximum absolute atomic E-state index is 13.1. The van der Waals surface area contributed by atoms with Gasteiger partial charge in [0.05, 0.1) is 23.1 Å². The quantitative estimate of drug-likeness (QED) is 0.586. The van der Waals surface area contributed by atoms with Crippen LogP contribution in [0.25, 0.3) is 0 Å². The first kappa shape index (κ1) is 24.4. The lowest BCUT2D eigenvalue weighted by molar-refractivity contribution is -0.139. The molecule has 2 aromatic heterocycles. The summed E-state index contributed by atoms with van der Waals surface area (Å²) in [6.07, 6.45) is 0.825. The zero-order chi connectivity index (χ0) is 24.1. The number of carbonyl (C=O) groups excluding carboxylic acids is 3. The van der Waals surface area contributed by atoms with Crippen LogP contribution in [0.3, 0.4) is 0 Å². The first-order valence-corrected chi connectivity index (χ1v) is 13.4. The molecule has 2 aromatic rings. The summed E-state index contributed by atoms with van der Waals surface area (Å²) < 4.78 is 5.43. The van der Waals surface area contributed by atoms with Gasteiger partial charge in [-0.2, -0.15) is 11.3 Å². The molecule has 1 unspecified atom stereocenters. The van der Waals surface area contributed by atoms with Gasteiger partial charge in [0.2, 0.25) is 0 Å². The molecule has 0 aromatic carbocycles. The molecule has 34 heavy (non-hydrogen) atoms. The number of esters is 1. The standard InChI is InChI=1S/C24H30N4O4S2/c1-3-28-18(15-26-9-6-10-27(12-11-26)22(29)19-7-5-13-34-19)20(23(30)32-4-2)21(25-24(28)31)17-8-14-33-16-17/h5,7-8,13-14,16,21H,3-4,6,9-12,15H2,1-2H3,(H,25,31). The second-order valence-corrected chi connectivity index (χ2v) is 9.89. The van der Waals surface area contributed by atoms with Crippen LogP contribution in [0, 0.1) is 0 Å². The second kappa shape index (κ2) is 11.2. The minimum absolute atomic E-state index is 0.0630. The average Bonchev–Trinajstić information content (AvgIpc) is 3.51. The Balaban J connectivity index is 1.60. The Labute approximate surface area is 207 Å². The number of thiophene rings is 2. The third-order valence-corrected chi connectivity index (χ3v) is 7.67. The third-order valence-electron chi connectivity index (χ3n) is 6.11. The van der Waals surface area contributed by atoms with Crippen LogP contribution >= 0.6 is 22.7 Å². The van der Waals surface area contributed by atoms with Gasteiger partial charge < -0.3 is 15.0 Å². The van der Waals surface area contributed by atoms with Crippen LogP contribution in [0.2, 0.25) is 0 Å². The molecular formula is C24H30N4O4S2. The normalized spacial score (nSPS) is 19.7. The van der Waals surface area contributed by atoms with E-state index in [1.54, 1.807) is 11.8 Å². The van der Waals surface area contributed by atoms with Crippen LogP contribution in [0.4, 0.5) is 4.79 Å². The molecule has 10 heteroatoms. The van der Waals surface area contributed by atoms with Crippen LogP contribution in [0.1, 0.15) is 41.5 Å². The van der Waals surface area contributed by atoms with E-state index in [-0.39, 0.29) is 18.5 Å². The monoisotopic (exact) mass is 502 g/mol. The van der Waals surface area contributed by atoms with Crippen molar-refractivity contribution >= 4 is 40.6 Å². The molecule has 2 aliphatic rings. The number of likely N-dealkylation sites (N-methyl/N-ethyl adjacent to an activating group) is 1. The predicted octanol–water partition coefficient (Wildman–Crippen LogP) is 3.56. The fourth-order valence-corrected chi connectivity index (χ4v) is 5.82. The molecule has 2 aliphatic heterocycles. The van der Waals surface area contributed by atoms with Gasteiger partial charge in [0, 0.05) is 45.0 Å². The number of urea groups is 1. The highest BCUT2D eigenvalue weighted by molar-refractivity contribution is 7.12. The first-order chi connectivity index (χ1) is 16.5. The molecule has 4 rings (SSSR count). The summed E-state index contributed by atoms with van der Waals surface area (Å²) in [5.41, 5.74) is 2.04. The highest BCUT2D eigenvalue weighted by atomic mass is 32.1. The van der Waals surface area contributed by atoms with Crippen molar-refractivity contribution in [2.45, 2.75) is 26.3 Å². The second-order valence-electron chi connectivity index (χ2n) is 8.16. The van der Waals surface area contributed by atoms with Crippen molar-refractivity contribution in [3.8, 4) is 0 Å². The van der Waals surface area contributed by atoms with Crippen LogP contribution < -0.4 is 5.32 Å². The zero-order valence-corrected chi connectivity index (χ0v) is 21.1. The van der Waals surface area contributed by atoms with E-state index in [1.807, 2.05) is 46.2 Å². The Morgan fingerprint density at radius 2 is 2.00 bits per heavy atom. The summed E-state index contributed by atoms with van der Waals surface area (Å²) in [5, 5.41) is 8.79. The van der Waals surface area contributed by atoms with E-state index < -0.39 is 12.0 Å². The maximum Gasteiger partial charge on any atom is 0.338 e. The van der Waals surface area contributed by atoms with Gasteiger partial charge in [-0.3, -0.25) is 14.6 Å². The minimum Gasteiger partial charge on any atom is -0.463 e. The van der Waals surface area contributed by atoms with Crippen molar-refractivity contribution in [2.24, 2.45) is 0 Å². The highest BCUT2D eigenvalue weighted by Crippen LogP contribution is 2.33. The minimum atomic E-state index is -0.542. The van der Waals surface area contributed by atoms with Gasteiger partial charge in [0.15, 0.2) is 0 Å². The van der Waals surface area contributed by atoms with Crippen molar-refractivity contribution in [1.29, 1.82) is 0 Å². The van der Waals surface area contributed by atoms with E-state index in [4.69, 9.17) is 4.74 Å². The summed E-state index contributed by atoms with van der Waals surface area (Å²) in [6, 6.07) is 4.92. The number of hydrogen-bond donors (Lipinski definition) is 1. The molecule has 0 saturated carbocycles. The lowest BCUT2D eigenvalue weighted by atomic mass is 9.96. The summed E-state index contributed by atoms with van der Waals surface area (Å²) in [7, 11) is 0. The summed E-state index contributed by atoms with van der Waals surface area (Å²) in [5.74, 6) is -0.343. The molecule has 0 aliphatic carbocycles. The third kappa shape index (κ3) is 5.18. The molecule has 4 heterocycles. The van der Waals surface area contributed by atoms with Gasteiger partial charge in [0.1, 0.15) is 0 Å². The van der Waals surface area contributed by atoms with Gasteiger partial charge >= 0.3 is 12.0 Å². The lowest BCUT2D eigenvalue weighted by Crippen LogP contribution is -2.51. The number of hydrogen-bond acceptors (Lipinski definition) is 7. The van der Waals surface area contributed by atoms with Gasteiger partial charge in [0.25, 0.3) is 5.91 Å². The van der Waals surface area contributed by atoms with Crippen LogP contribution in [-0.2, 0) is 9.53 Å². The first-order valence-electron chi connectivity index (χ1n) is 11.6. The smallest absolute Gasteiger partial charge is 0.338 e. The van der Waals surface area contributed by atoms with E-state index in [1.165, 1.54) is 22.7 Å². The molecule has 3 amide bonds. The van der Waals surface area contributed by atoms with Gasteiger partial charge in [-0.25, -0.2) is 9.59 Å². The van der Waals surface area contributed by atoms with Crippen molar-refractivity contribution in [1.82, 2.24) is 20.0 Å². The number of amides is 3. The van der Waals surface area contributed by atoms with Crippen molar-refractivity contribution < 1.29 is 19.1 Å². The molecule has 1 atom stereocenters. The maximum atomic E-state index is 13.1. The number of rotatable bonds is 7. The molecule has 0 bridgehead atoms. The van der Waals surface area contributed by atoms with Crippen molar-refractivity contribution in [3.63, 3.8) is 0 Å². The highest BCUT2D eigenvalue weighted by Gasteiger charge is 2.38. The van der Waals surface area contributed by atoms with E-state index in [9.17, 15) is 14.4 Å². The number of ether oxygens (including phenoxy) is 1. The van der Waals surface area contributed by atoms with Crippen LogP contribution in [0.15, 0.2) is 45.6 Å². The van der Waals surface area contributed by atoms with Crippen LogP contribution in [-0.4, -0.2) is 78.5 Å². The summed E-state index contributed by atoms with van der Waals surface area (Å²) in [6.45, 7) is 7.55. The topological polar surface area (TPSA) is 82.2 Å². The van der Waals surface area contributed by atoms with E-state index in [0.29, 0.717) is 44.0 Å². The molecule has 0 radical (unpaired) electrons. The Morgan fingerprint density at radius 3 is 2.68 bits per heavy atom. The summed E-state index contributed by atoms with van der Waals surface area (Å²) >= 11 is 2.98. The zero-order valence-electron chi connectivity index (χ0n) is 19.5.